The van der Waals surface area contributed by atoms with Gasteiger partial charge in [0.05, 0.1) is 31.1 Å². The quantitative estimate of drug-likeness (QED) is 0.228. The third kappa shape index (κ3) is 4.68. The highest BCUT2D eigenvalue weighted by Crippen LogP contribution is 2.42. The largest absolute Gasteiger partial charge is 0.497 e. The first-order chi connectivity index (χ1) is 19.1. The summed E-state index contributed by atoms with van der Waals surface area (Å²) < 4.78 is 16.9. The first-order valence-corrected chi connectivity index (χ1v) is 12.6. The number of hydrogen-bond donors (Lipinski definition) is 1. The number of rotatable bonds is 6. The molecule has 0 saturated carbocycles. The normalized spacial score (nSPS) is 11.0. The minimum atomic E-state index is -0.545. The van der Waals surface area contributed by atoms with Crippen LogP contribution in [0.1, 0.15) is 5.56 Å². The second-order valence-electron chi connectivity index (χ2n) is 9.16. The highest BCUT2D eigenvalue weighted by atomic mass is 16.5. The van der Waals surface area contributed by atoms with Gasteiger partial charge in [-0.3, -0.25) is 5.32 Å². The number of amides is 1. The summed E-state index contributed by atoms with van der Waals surface area (Å²) in [4.78, 5) is 18.1. The number of aromatic nitrogens is 1. The SMILES string of the molecule is COc1cc(OC)c2c(ccc3ccc4nc(-c5ccccc5)cc(NC(=O)OCc5ccccc5)c4c32)c1. The summed E-state index contributed by atoms with van der Waals surface area (Å²) in [5.74, 6) is 1.37. The Hall–Kier alpha value is -5.10. The second kappa shape index (κ2) is 10.3. The fraction of sp³-hybridized carbons (Fsp3) is 0.0909. The molecule has 0 spiro atoms. The third-order valence-corrected chi connectivity index (χ3v) is 6.78. The molecule has 6 rings (SSSR count). The van der Waals surface area contributed by atoms with Gasteiger partial charge in [0, 0.05) is 27.8 Å². The molecule has 0 aliphatic carbocycles. The number of ether oxygens (including phenoxy) is 3. The molecule has 6 heteroatoms. The van der Waals surface area contributed by atoms with Crippen LogP contribution in [0.15, 0.2) is 103 Å². The van der Waals surface area contributed by atoms with E-state index in [9.17, 15) is 4.79 Å². The van der Waals surface area contributed by atoms with Crippen molar-refractivity contribution in [2.24, 2.45) is 0 Å². The van der Waals surface area contributed by atoms with Crippen LogP contribution in [0.3, 0.4) is 0 Å². The summed E-state index contributed by atoms with van der Waals surface area (Å²) in [5.41, 5.74) is 3.95. The number of carbonyl (C=O) groups excluding carboxylic acids is 1. The molecule has 0 atom stereocenters. The third-order valence-electron chi connectivity index (χ3n) is 6.78. The Morgan fingerprint density at radius 3 is 2.21 bits per heavy atom. The van der Waals surface area contributed by atoms with Gasteiger partial charge < -0.3 is 14.2 Å². The summed E-state index contributed by atoms with van der Waals surface area (Å²) >= 11 is 0. The molecule has 6 aromatic rings. The summed E-state index contributed by atoms with van der Waals surface area (Å²) in [6, 6.07) is 33.3. The smallest absolute Gasteiger partial charge is 0.411 e. The van der Waals surface area contributed by atoms with Crippen LogP contribution in [0.2, 0.25) is 0 Å². The van der Waals surface area contributed by atoms with Crippen LogP contribution in [0.4, 0.5) is 10.5 Å². The number of nitrogens with one attached hydrogen (secondary N) is 1. The van der Waals surface area contributed by atoms with Crippen LogP contribution in [0.5, 0.6) is 11.5 Å². The van der Waals surface area contributed by atoms with Crippen LogP contribution >= 0.6 is 0 Å². The number of fused-ring (bicyclic) bond motifs is 5. The summed E-state index contributed by atoms with van der Waals surface area (Å²) in [5, 5.41) is 7.61. The molecule has 0 radical (unpaired) electrons. The summed E-state index contributed by atoms with van der Waals surface area (Å²) in [6.45, 7) is 0.165. The van der Waals surface area contributed by atoms with Crippen molar-refractivity contribution in [1.82, 2.24) is 4.98 Å². The molecular weight excluding hydrogens is 488 g/mol. The van der Waals surface area contributed by atoms with Crippen molar-refractivity contribution in [3.63, 3.8) is 0 Å². The van der Waals surface area contributed by atoms with Crippen molar-refractivity contribution in [3.05, 3.63) is 109 Å². The van der Waals surface area contributed by atoms with Gasteiger partial charge in [-0.1, -0.05) is 78.9 Å². The van der Waals surface area contributed by atoms with E-state index in [0.29, 0.717) is 17.2 Å². The molecule has 0 aliphatic heterocycles. The molecule has 0 aliphatic rings. The monoisotopic (exact) mass is 514 g/mol. The van der Waals surface area contributed by atoms with Crippen LogP contribution in [-0.2, 0) is 11.3 Å². The molecule has 6 nitrogen and oxygen atoms in total. The topological polar surface area (TPSA) is 69.7 Å². The Kier molecular flexibility index (Phi) is 6.43. The van der Waals surface area contributed by atoms with Crippen LogP contribution in [0, 0.1) is 0 Å². The molecule has 0 fully saturated rings. The van der Waals surface area contributed by atoms with Gasteiger partial charge in [-0.25, -0.2) is 9.78 Å². The first-order valence-electron chi connectivity index (χ1n) is 12.6. The highest BCUT2D eigenvalue weighted by Gasteiger charge is 2.18. The van der Waals surface area contributed by atoms with Gasteiger partial charge in [-0.05, 0) is 34.5 Å². The minimum absolute atomic E-state index is 0.165. The maximum atomic E-state index is 13.1. The zero-order valence-electron chi connectivity index (χ0n) is 21.6. The summed E-state index contributed by atoms with van der Waals surface area (Å²) in [7, 11) is 3.28. The lowest BCUT2D eigenvalue weighted by Crippen LogP contribution is -2.14. The van der Waals surface area contributed by atoms with E-state index in [1.165, 1.54) is 0 Å². The second-order valence-corrected chi connectivity index (χ2v) is 9.16. The molecule has 0 bridgehead atoms. The van der Waals surface area contributed by atoms with Gasteiger partial charge in [-0.15, -0.1) is 0 Å². The zero-order chi connectivity index (χ0) is 26.8. The van der Waals surface area contributed by atoms with Gasteiger partial charge >= 0.3 is 6.09 Å². The lowest BCUT2D eigenvalue weighted by Gasteiger charge is -2.17. The van der Waals surface area contributed by atoms with Crippen molar-refractivity contribution in [3.8, 4) is 22.8 Å². The Balaban J connectivity index is 1.57. The molecule has 0 unspecified atom stereocenters. The average molecular weight is 515 g/mol. The van der Waals surface area contributed by atoms with Crippen molar-refractivity contribution in [2.75, 3.05) is 19.5 Å². The van der Waals surface area contributed by atoms with E-state index in [0.717, 1.165) is 49.3 Å². The fourth-order valence-electron chi connectivity index (χ4n) is 4.95. The molecule has 1 heterocycles. The Morgan fingerprint density at radius 2 is 1.46 bits per heavy atom. The van der Waals surface area contributed by atoms with Crippen LogP contribution in [0.25, 0.3) is 43.7 Å². The number of nitrogens with zero attached hydrogens (tertiary/aromatic N) is 1. The fourth-order valence-corrected chi connectivity index (χ4v) is 4.95. The average Bonchev–Trinajstić information content (AvgIpc) is 2.99. The number of hydrogen-bond acceptors (Lipinski definition) is 5. The van der Waals surface area contributed by atoms with Crippen molar-refractivity contribution in [1.29, 1.82) is 0 Å². The summed E-state index contributed by atoms with van der Waals surface area (Å²) in [6.07, 6.45) is -0.545. The highest BCUT2D eigenvalue weighted by molar-refractivity contribution is 6.25. The standard InChI is InChI=1S/C33H26N2O4/c1-37-25-17-24-14-13-23-15-16-26-32(31(23)30(24)29(18-25)38-2)28(19-27(34-26)22-11-7-4-8-12-22)35-33(36)39-20-21-9-5-3-6-10-21/h3-19H,20H2,1-2H3,(H,34,35,36). The molecule has 0 saturated heterocycles. The first kappa shape index (κ1) is 24.2. The van der Waals surface area contributed by atoms with E-state index in [4.69, 9.17) is 19.2 Å². The van der Waals surface area contributed by atoms with E-state index >= 15 is 0 Å². The van der Waals surface area contributed by atoms with Crippen molar-refractivity contribution < 1.29 is 19.0 Å². The van der Waals surface area contributed by atoms with E-state index in [1.807, 2.05) is 97.1 Å². The predicted octanol–water partition coefficient (Wildman–Crippen LogP) is 7.97. The number of pyridine rings is 1. The number of carbonyl (C=O) groups is 1. The van der Waals surface area contributed by atoms with Gasteiger partial charge in [0.15, 0.2) is 0 Å². The molecule has 39 heavy (non-hydrogen) atoms. The van der Waals surface area contributed by atoms with E-state index in [-0.39, 0.29) is 6.61 Å². The van der Waals surface area contributed by atoms with Gasteiger partial charge in [0.2, 0.25) is 0 Å². The number of methoxy groups -OCH3 is 2. The molecule has 5 aromatic carbocycles. The van der Waals surface area contributed by atoms with Crippen LogP contribution < -0.4 is 14.8 Å². The number of benzene rings is 5. The Morgan fingerprint density at radius 1 is 0.744 bits per heavy atom. The lowest BCUT2D eigenvalue weighted by atomic mass is 9.95. The van der Waals surface area contributed by atoms with E-state index in [2.05, 4.69) is 11.4 Å². The van der Waals surface area contributed by atoms with Gasteiger partial charge in [-0.2, -0.15) is 0 Å². The van der Waals surface area contributed by atoms with Gasteiger partial charge in [0.1, 0.15) is 18.1 Å². The Bertz CT molecular complexity index is 1820. The van der Waals surface area contributed by atoms with E-state index < -0.39 is 6.09 Å². The zero-order valence-corrected chi connectivity index (χ0v) is 21.6. The van der Waals surface area contributed by atoms with Crippen molar-refractivity contribution in [2.45, 2.75) is 6.61 Å². The number of anilines is 1. The van der Waals surface area contributed by atoms with Crippen LogP contribution in [-0.4, -0.2) is 25.3 Å². The van der Waals surface area contributed by atoms with Crippen molar-refractivity contribution >= 4 is 44.2 Å². The van der Waals surface area contributed by atoms with E-state index in [1.54, 1.807) is 14.2 Å². The predicted molar refractivity (Wildman–Crippen MR) is 156 cm³/mol. The lowest BCUT2D eigenvalue weighted by molar-refractivity contribution is 0.155. The minimum Gasteiger partial charge on any atom is -0.497 e. The molecule has 1 amide bonds. The molecule has 1 N–H and O–H groups in total. The maximum absolute atomic E-state index is 13.1. The Labute approximate surface area is 225 Å². The molecular formula is C33H26N2O4. The van der Waals surface area contributed by atoms with Gasteiger partial charge in [0.25, 0.3) is 0 Å². The maximum Gasteiger partial charge on any atom is 0.411 e. The molecule has 1 aromatic heterocycles. The molecule has 192 valence electrons.